The maximum absolute atomic E-state index is 11.6. The van der Waals surface area contributed by atoms with Gasteiger partial charge in [-0.05, 0) is 30.7 Å². The van der Waals surface area contributed by atoms with E-state index in [2.05, 4.69) is 10.6 Å². The molecule has 20 heavy (non-hydrogen) atoms. The van der Waals surface area contributed by atoms with E-state index in [0.29, 0.717) is 9.76 Å². The predicted molar refractivity (Wildman–Crippen MR) is 75.1 cm³/mol. The number of hydrogen-bond acceptors (Lipinski definition) is 4. The third-order valence-electron chi connectivity index (χ3n) is 3.08. The molecule has 1 aromatic heterocycles. The van der Waals surface area contributed by atoms with Gasteiger partial charge in [0.05, 0.1) is 5.75 Å². The molecule has 0 aliphatic heterocycles. The Balaban J connectivity index is 1.72. The number of rotatable bonds is 4. The van der Waals surface area contributed by atoms with E-state index in [1.807, 2.05) is 0 Å². The van der Waals surface area contributed by atoms with Crippen LogP contribution in [0.3, 0.4) is 0 Å². The first kappa shape index (κ1) is 14.6. The molecule has 108 valence electrons. The van der Waals surface area contributed by atoms with Crippen LogP contribution in [0.1, 0.15) is 25.7 Å². The molecule has 1 heterocycles. The fourth-order valence-electron chi connectivity index (χ4n) is 2.12. The summed E-state index contributed by atoms with van der Waals surface area (Å²) in [6, 6.07) is 4.69. The van der Waals surface area contributed by atoms with Gasteiger partial charge in [0, 0.05) is 18.2 Å². The lowest BCUT2D eigenvalue weighted by molar-refractivity contribution is -0.645. The molecule has 0 unspecified atom stereocenters. The summed E-state index contributed by atoms with van der Waals surface area (Å²) in [6.45, 7) is 0. The number of carbonyl (C=O) groups excluding carboxylic acids is 2. The predicted octanol–water partition coefficient (Wildman–Crippen LogP) is 1.18. The van der Waals surface area contributed by atoms with E-state index >= 15 is 0 Å². The van der Waals surface area contributed by atoms with Crippen molar-refractivity contribution in [1.29, 1.82) is 0 Å². The Hall–Kier alpha value is -1.76. The van der Waals surface area contributed by atoms with Crippen LogP contribution >= 0.6 is 11.8 Å². The van der Waals surface area contributed by atoms with E-state index in [9.17, 15) is 14.8 Å². The average molecular weight is 295 g/mol. The Morgan fingerprint density at radius 2 is 2.10 bits per heavy atom. The Labute approximate surface area is 121 Å². The summed E-state index contributed by atoms with van der Waals surface area (Å²) < 4.78 is 0.691. The van der Waals surface area contributed by atoms with E-state index < -0.39 is 11.9 Å². The molecule has 0 aromatic carbocycles. The Kier molecular flexibility index (Phi) is 5.23. The molecule has 0 saturated heterocycles. The normalized spacial score (nSPS) is 15.0. The lowest BCUT2D eigenvalue weighted by Crippen LogP contribution is -2.44. The van der Waals surface area contributed by atoms with Gasteiger partial charge in [-0.1, -0.05) is 12.8 Å². The fraction of sp³-hybridized carbons (Fsp3) is 0.462. The maximum Gasteiger partial charge on any atom is 0.321 e. The summed E-state index contributed by atoms with van der Waals surface area (Å²) in [5.41, 5.74) is 0. The number of urea groups is 1. The van der Waals surface area contributed by atoms with Gasteiger partial charge in [0.25, 0.3) is 5.03 Å². The minimum absolute atomic E-state index is 0.0321. The number of amides is 3. The van der Waals surface area contributed by atoms with E-state index in [1.54, 1.807) is 18.2 Å². The largest absolute Gasteiger partial charge is 0.618 e. The van der Waals surface area contributed by atoms with E-state index in [1.165, 1.54) is 6.20 Å². The van der Waals surface area contributed by atoms with Crippen molar-refractivity contribution in [2.75, 3.05) is 5.75 Å². The topological polar surface area (TPSA) is 85.1 Å². The molecule has 0 atom stereocenters. The van der Waals surface area contributed by atoms with Crippen LogP contribution in [0, 0.1) is 5.21 Å². The molecular weight excluding hydrogens is 278 g/mol. The molecule has 1 fully saturated rings. The first-order chi connectivity index (χ1) is 9.65. The first-order valence-corrected chi connectivity index (χ1v) is 7.55. The number of imide groups is 1. The van der Waals surface area contributed by atoms with Crippen LogP contribution in [0.15, 0.2) is 29.4 Å². The second-order valence-electron chi connectivity index (χ2n) is 4.66. The van der Waals surface area contributed by atoms with Crippen molar-refractivity contribution in [3.8, 4) is 0 Å². The van der Waals surface area contributed by atoms with Crippen LogP contribution in [-0.4, -0.2) is 23.7 Å². The molecule has 3 amide bonds. The van der Waals surface area contributed by atoms with Crippen LogP contribution in [0.25, 0.3) is 0 Å². The number of nitrogens with one attached hydrogen (secondary N) is 2. The zero-order valence-corrected chi connectivity index (χ0v) is 11.8. The van der Waals surface area contributed by atoms with Gasteiger partial charge >= 0.3 is 6.03 Å². The number of hydrogen-bond donors (Lipinski definition) is 2. The van der Waals surface area contributed by atoms with Crippen LogP contribution in [-0.2, 0) is 4.79 Å². The summed E-state index contributed by atoms with van der Waals surface area (Å²) in [6.07, 6.45) is 5.54. The molecule has 0 bridgehead atoms. The van der Waals surface area contributed by atoms with Gasteiger partial charge in [-0.25, -0.2) is 4.79 Å². The second kappa shape index (κ2) is 7.14. The summed E-state index contributed by atoms with van der Waals surface area (Å²) in [7, 11) is 0. The highest BCUT2D eigenvalue weighted by molar-refractivity contribution is 7.99. The van der Waals surface area contributed by atoms with Crippen LogP contribution < -0.4 is 15.4 Å². The SMILES string of the molecule is O=C(CSc1cccc[n+]1[O-])NC(=O)NC1CCCC1. The minimum Gasteiger partial charge on any atom is -0.618 e. The van der Waals surface area contributed by atoms with Crippen molar-refractivity contribution < 1.29 is 14.3 Å². The van der Waals surface area contributed by atoms with E-state index in [0.717, 1.165) is 37.4 Å². The summed E-state index contributed by atoms with van der Waals surface area (Å²) >= 11 is 1.10. The van der Waals surface area contributed by atoms with Gasteiger partial charge in [-0.3, -0.25) is 10.1 Å². The number of carbonyl (C=O) groups is 2. The number of thioether (sulfide) groups is 1. The fourth-order valence-corrected chi connectivity index (χ4v) is 2.83. The van der Waals surface area contributed by atoms with Gasteiger partial charge in [0.15, 0.2) is 6.20 Å². The minimum atomic E-state index is -0.453. The van der Waals surface area contributed by atoms with Crippen molar-refractivity contribution in [1.82, 2.24) is 10.6 Å². The van der Waals surface area contributed by atoms with Crippen molar-refractivity contribution >= 4 is 23.7 Å². The third-order valence-corrected chi connectivity index (χ3v) is 4.10. The molecule has 1 saturated carbocycles. The summed E-state index contributed by atoms with van der Waals surface area (Å²) in [4.78, 5) is 23.2. The van der Waals surface area contributed by atoms with Crippen LogP contribution in [0.2, 0.25) is 0 Å². The third kappa shape index (κ3) is 4.41. The van der Waals surface area contributed by atoms with Gasteiger partial charge in [0.2, 0.25) is 5.91 Å². The van der Waals surface area contributed by atoms with Crippen LogP contribution in [0.5, 0.6) is 0 Å². The van der Waals surface area contributed by atoms with Gasteiger partial charge in [-0.15, -0.1) is 0 Å². The highest BCUT2D eigenvalue weighted by Crippen LogP contribution is 2.17. The molecular formula is C13H17N3O3S. The van der Waals surface area contributed by atoms with E-state index in [-0.39, 0.29) is 11.8 Å². The number of aromatic nitrogens is 1. The molecule has 0 spiro atoms. The Morgan fingerprint density at radius 1 is 1.35 bits per heavy atom. The first-order valence-electron chi connectivity index (χ1n) is 6.56. The second-order valence-corrected chi connectivity index (χ2v) is 5.65. The Bertz CT molecular complexity index is 490. The molecule has 1 aliphatic rings. The van der Waals surface area contributed by atoms with Gasteiger partial charge < -0.3 is 10.5 Å². The number of pyridine rings is 1. The van der Waals surface area contributed by atoms with Crippen molar-refractivity contribution in [2.24, 2.45) is 0 Å². The highest BCUT2D eigenvalue weighted by Gasteiger charge is 2.18. The van der Waals surface area contributed by atoms with Gasteiger partial charge in [-0.2, -0.15) is 4.73 Å². The zero-order chi connectivity index (χ0) is 14.4. The quantitative estimate of drug-likeness (QED) is 0.496. The van der Waals surface area contributed by atoms with Crippen molar-refractivity contribution in [2.45, 2.75) is 36.8 Å². The molecule has 2 rings (SSSR count). The smallest absolute Gasteiger partial charge is 0.321 e. The molecule has 1 aliphatic carbocycles. The lowest BCUT2D eigenvalue weighted by atomic mass is 10.2. The summed E-state index contributed by atoms with van der Waals surface area (Å²) in [5, 5.41) is 16.8. The molecule has 0 radical (unpaired) electrons. The van der Waals surface area contributed by atoms with Crippen molar-refractivity contribution in [3.05, 3.63) is 29.6 Å². The highest BCUT2D eigenvalue weighted by atomic mass is 32.2. The van der Waals surface area contributed by atoms with Crippen LogP contribution in [0.4, 0.5) is 4.79 Å². The number of nitrogens with zero attached hydrogens (tertiary/aromatic N) is 1. The molecule has 2 N–H and O–H groups in total. The monoisotopic (exact) mass is 295 g/mol. The van der Waals surface area contributed by atoms with E-state index in [4.69, 9.17) is 0 Å². The molecule has 1 aromatic rings. The zero-order valence-electron chi connectivity index (χ0n) is 11.0. The standard InChI is InChI=1S/C13H17N3O3S/c17-11(9-20-12-7-3-4-8-16(12)19)15-13(18)14-10-5-1-2-6-10/h3-4,7-8,10H,1-2,5-6,9H2,(H2,14,15,17,18). The Morgan fingerprint density at radius 3 is 2.80 bits per heavy atom. The average Bonchev–Trinajstić information content (AvgIpc) is 2.90. The van der Waals surface area contributed by atoms with Gasteiger partial charge in [0.1, 0.15) is 0 Å². The summed E-state index contributed by atoms with van der Waals surface area (Å²) in [5.74, 6) is -0.376. The molecule has 6 nitrogen and oxygen atoms in total. The molecule has 7 heteroatoms. The lowest BCUT2D eigenvalue weighted by Gasteiger charge is -2.11. The van der Waals surface area contributed by atoms with Crippen molar-refractivity contribution in [3.63, 3.8) is 0 Å². The maximum atomic E-state index is 11.6.